The van der Waals surface area contributed by atoms with Crippen molar-refractivity contribution in [3.05, 3.63) is 35.4 Å². The Morgan fingerprint density at radius 3 is 2.47 bits per heavy atom. The molecule has 0 radical (unpaired) electrons. The lowest BCUT2D eigenvalue weighted by Gasteiger charge is -2.12. The molecule has 1 aromatic rings. The average Bonchev–Trinajstić information content (AvgIpc) is 2.29. The lowest BCUT2D eigenvalue weighted by atomic mass is 10.1. The molecule has 80 valence electrons. The molecular weight excluding hydrogens is 192 g/mol. The second kappa shape index (κ2) is 5.29. The third kappa shape index (κ3) is 3.20. The van der Waals surface area contributed by atoms with Crippen LogP contribution in [0.25, 0.3) is 0 Å². The molecule has 1 atom stereocenters. The van der Waals surface area contributed by atoms with E-state index in [-0.39, 0.29) is 12.1 Å². The summed E-state index contributed by atoms with van der Waals surface area (Å²) >= 11 is 0. The fraction of sp³-hybridized carbons (Fsp3) is 0.333. The van der Waals surface area contributed by atoms with Crippen molar-refractivity contribution in [2.45, 2.75) is 26.4 Å². The fourth-order valence-corrected chi connectivity index (χ4v) is 1.19. The Bertz CT molecular complexity index is 340. The Labute approximate surface area is 89.1 Å². The number of esters is 1. The van der Waals surface area contributed by atoms with E-state index in [1.165, 1.54) is 0 Å². The number of ether oxygens (including phenoxy) is 1. The number of aldehydes is 1. The predicted molar refractivity (Wildman–Crippen MR) is 56.6 cm³/mol. The quantitative estimate of drug-likeness (QED) is 0.561. The fourth-order valence-electron chi connectivity index (χ4n) is 1.19. The lowest BCUT2D eigenvalue weighted by molar-refractivity contribution is -0.148. The van der Waals surface area contributed by atoms with E-state index in [2.05, 4.69) is 0 Å². The smallest absolute Gasteiger partial charge is 0.306 e. The molecule has 0 saturated carbocycles. The van der Waals surface area contributed by atoms with Crippen LogP contribution < -0.4 is 0 Å². The summed E-state index contributed by atoms with van der Waals surface area (Å²) in [6.07, 6.45) is 0.890. The molecule has 3 nitrogen and oxygen atoms in total. The Morgan fingerprint density at radius 2 is 2.00 bits per heavy atom. The standard InChI is InChI=1S/C12H14O3/c1-3-12(14)15-9(2)11-6-4-10(8-13)5-7-11/h4-9H,3H2,1-2H3. The van der Waals surface area contributed by atoms with Crippen molar-refractivity contribution < 1.29 is 14.3 Å². The van der Waals surface area contributed by atoms with Gasteiger partial charge in [0.05, 0.1) is 0 Å². The summed E-state index contributed by atoms with van der Waals surface area (Å²) in [4.78, 5) is 21.5. The van der Waals surface area contributed by atoms with E-state index in [1.807, 2.05) is 6.92 Å². The monoisotopic (exact) mass is 206 g/mol. The van der Waals surface area contributed by atoms with Gasteiger partial charge in [0.1, 0.15) is 12.4 Å². The summed E-state index contributed by atoms with van der Waals surface area (Å²) in [7, 11) is 0. The normalized spacial score (nSPS) is 11.9. The molecule has 1 aromatic carbocycles. The third-order valence-electron chi connectivity index (χ3n) is 2.14. The Hall–Kier alpha value is -1.64. The molecule has 0 spiro atoms. The average molecular weight is 206 g/mol. The molecule has 0 bridgehead atoms. The number of hydrogen-bond acceptors (Lipinski definition) is 3. The maximum Gasteiger partial charge on any atom is 0.306 e. The van der Waals surface area contributed by atoms with E-state index in [1.54, 1.807) is 31.2 Å². The number of rotatable bonds is 4. The van der Waals surface area contributed by atoms with E-state index in [0.717, 1.165) is 11.8 Å². The van der Waals surface area contributed by atoms with Gasteiger partial charge >= 0.3 is 5.97 Å². The van der Waals surface area contributed by atoms with Crippen molar-refractivity contribution in [1.82, 2.24) is 0 Å². The minimum Gasteiger partial charge on any atom is -0.458 e. The van der Waals surface area contributed by atoms with Crippen molar-refractivity contribution in [3.8, 4) is 0 Å². The topological polar surface area (TPSA) is 43.4 Å². The Kier molecular flexibility index (Phi) is 4.03. The highest BCUT2D eigenvalue weighted by Gasteiger charge is 2.09. The van der Waals surface area contributed by atoms with Gasteiger partial charge in [-0.15, -0.1) is 0 Å². The molecule has 1 unspecified atom stereocenters. The highest BCUT2D eigenvalue weighted by atomic mass is 16.5. The largest absolute Gasteiger partial charge is 0.458 e. The zero-order chi connectivity index (χ0) is 11.3. The predicted octanol–water partition coefficient (Wildman–Crippen LogP) is 2.51. The minimum absolute atomic E-state index is 0.220. The maximum atomic E-state index is 11.0. The van der Waals surface area contributed by atoms with E-state index >= 15 is 0 Å². The van der Waals surface area contributed by atoms with Gasteiger partial charge in [0.25, 0.3) is 0 Å². The molecule has 1 rings (SSSR count). The molecule has 0 heterocycles. The summed E-state index contributed by atoms with van der Waals surface area (Å²) in [6.45, 7) is 3.56. The van der Waals surface area contributed by atoms with Crippen LogP contribution in [0.1, 0.15) is 42.3 Å². The van der Waals surface area contributed by atoms with E-state index in [9.17, 15) is 9.59 Å². The zero-order valence-electron chi connectivity index (χ0n) is 8.90. The van der Waals surface area contributed by atoms with Gasteiger partial charge in [0.15, 0.2) is 0 Å². The van der Waals surface area contributed by atoms with Crippen molar-refractivity contribution in [1.29, 1.82) is 0 Å². The van der Waals surface area contributed by atoms with Gasteiger partial charge in [0, 0.05) is 12.0 Å². The van der Waals surface area contributed by atoms with Crippen molar-refractivity contribution in [3.63, 3.8) is 0 Å². The summed E-state index contributed by atoms with van der Waals surface area (Å²) in [6, 6.07) is 6.99. The molecule has 0 saturated heterocycles. The van der Waals surface area contributed by atoms with Gasteiger partial charge in [-0.1, -0.05) is 31.2 Å². The van der Waals surface area contributed by atoms with E-state index < -0.39 is 0 Å². The molecule has 0 aliphatic carbocycles. The summed E-state index contributed by atoms with van der Waals surface area (Å²) in [5.74, 6) is -0.220. The molecule has 0 fully saturated rings. The molecule has 0 aliphatic rings. The lowest BCUT2D eigenvalue weighted by Crippen LogP contribution is -2.07. The highest BCUT2D eigenvalue weighted by Crippen LogP contribution is 2.17. The molecule has 0 aromatic heterocycles. The first-order valence-corrected chi connectivity index (χ1v) is 4.92. The molecular formula is C12H14O3. The molecule has 3 heteroatoms. The van der Waals surface area contributed by atoms with E-state index in [0.29, 0.717) is 12.0 Å². The Balaban J connectivity index is 2.69. The molecule has 0 amide bonds. The first-order valence-electron chi connectivity index (χ1n) is 4.92. The maximum absolute atomic E-state index is 11.0. The van der Waals surface area contributed by atoms with Crippen LogP contribution in [0, 0.1) is 0 Å². The number of benzene rings is 1. The van der Waals surface area contributed by atoms with Crippen LogP contribution in [0.5, 0.6) is 0 Å². The molecule has 0 aliphatic heterocycles. The number of hydrogen-bond donors (Lipinski definition) is 0. The van der Waals surface area contributed by atoms with E-state index in [4.69, 9.17) is 4.74 Å². The molecule has 15 heavy (non-hydrogen) atoms. The van der Waals surface area contributed by atoms with Gasteiger partial charge in [-0.3, -0.25) is 9.59 Å². The third-order valence-corrected chi connectivity index (χ3v) is 2.14. The first kappa shape index (κ1) is 11.4. The van der Waals surface area contributed by atoms with Crippen LogP contribution >= 0.6 is 0 Å². The SMILES string of the molecule is CCC(=O)OC(C)c1ccc(C=O)cc1. The van der Waals surface area contributed by atoms with Gasteiger partial charge in [-0.2, -0.15) is 0 Å². The van der Waals surface area contributed by atoms with Gasteiger partial charge in [0.2, 0.25) is 0 Å². The van der Waals surface area contributed by atoms with Crippen LogP contribution in [-0.2, 0) is 9.53 Å². The van der Waals surface area contributed by atoms with Crippen molar-refractivity contribution in [2.75, 3.05) is 0 Å². The van der Waals surface area contributed by atoms with Crippen LogP contribution in [-0.4, -0.2) is 12.3 Å². The number of carbonyl (C=O) groups excluding carboxylic acids is 2. The van der Waals surface area contributed by atoms with Gasteiger partial charge < -0.3 is 4.74 Å². The Morgan fingerprint density at radius 1 is 1.40 bits per heavy atom. The van der Waals surface area contributed by atoms with Crippen molar-refractivity contribution >= 4 is 12.3 Å². The van der Waals surface area contributed by atoms with Gasteiger partial charge in [-0.25, -0.2) is 0 Å². The summed E-state index contributed by atoms with van der Waals surface area (Å²) in [5, 5.41) is 0. The van der Waals surface area contributed by atoms with Crippen LogP contribution in [0.2, 0.25) is 0 Å². The van der Waals surface area contributed by atoms with Crippen LogP contribution in [0.3, 0.4) is 0 Å². The summed E-state index contributed by atoms with van der Waals surface area (Å²) < 4.78 is 5.13. The second-order valence-corrected chi connectivity index (χ2v) is 3.27. The molecule has 0 N–H and O–H groups in total. The first-order chi connectivity index (χ1) is 7.17. The highest BCUT2D eigenvalue weighted by molar-refractivity contribution is 5.74. The van der Waals surface area contributed by atoms with Crippen LogP contribution in [0.4, 0.5) is 0 Å². The second-order valence-electron chi connectivity index (χ2n) is 3.27. The zero-order valence-corrected chi connectivity index (χ0v) is 8.90. The van der Waals surface area contributed by atoms with Gasteiger partial charge in [-0.05, 0) is 12.5 Å². The van der Waals surface area contributed by atoms with Crippen LogP contribution in [0.15, 0.2) is 24.3 Å². The number of carbonyl (C=O) groups is 2. The summed E-state index contributed by atoms with van der Waals surface area (Å²) in [5.41, 5.74) is 1.51. The van der Waals surface area contributed by atoms with Crippen molar-refractivity contribution in [2.24, 2.45) is 0 Å². The minimum atomic E-state index is -0.266.